The number of hydrogen-bond donors (Lipinski definition) is 1. The summed E-state index contributed by atoms with van der Waals surface area (Å²) in [6.45, 7) is 0. The number of aryl methyl sites for hydroxylation is 1. The molecule has 1 unspecified atom stereocenters. The molecule has 1 aromatic rings. The summed E-state index contributed by atoms with van der Waals surface area (Å²) in [6, 6.07) is 6.07. The second kappa shape index (κ2) is 4.80. The Bertz CT molecular complexity index is 582. The van der Waals surface area contributed by atoms with Gasteiger partial charge in [-0.05, 0) is 48.9 Å². The lowest BCUT2D eigenvalue weighted by Crippen LogP contribution is -2.20. The van der Waals surface area contributed by atoms with Gasteiger partial charge < -0.3 is 10.5 Å². The van der Waals surface area contributed by atoms with E-state index in [1.165, 1.54) is 5.56 Å². The molecule has 0 amide bonds. The molecule has 104 valence electrons. The van der Waals surface area contributed by atoms with Crippen molar-refractivity contribution in [2.75, 3.05) is 11.5 Å². The van der Waals surface area contributed by atoms with E-state index in [4.69, 9.17) is 10.5 Å². The molecule has 1 aliphatic carbocycles. The SMILES string of the molecule is N[C@H]1CCCc2ccc(OC3CCS(=O)(=O)C3)cc21. The van der Waals surface area contributed by atoms with E-state index in [1.807, 2.05) is 12.1 Å². The largest absolute Gasteiger partial charge is 0.489 e. The normalized spacial score (nSPS) is 28.9. The van der Waals surface area contributed by atoms with Crippen molar-refractivity contribution in [3.05, 3.63) is 29.3 Å². The highest BCUT2D eigenvalue weighted by Gasteiger charge is 2.29. The highest BCUT2D eigenvalue weighted by molar-refractivity contribution is 7.91. The second-order valence-corrected chi connectivity index (χ2v) is 7.73. The van der Waals surface area contributed by atoms with Crippen LogP contribution in [0.4, 0.5) is 0 Å². The van der Waals surface area contributed by atoms with Crippen LogP contribution in [0.2, 0.25) is 0 Å². The van der Waals surface area contributed by atoms with Gasteiger partial charge in [0.1, 0.15) is 11.9 Å². The molecule has 2 aliphatic rings. The second-order valence-electron chi connectivity index (χ2n) is 5.50. The van der Waals surface area contributed by atoms with Crippen LogP contribution in [0.3, 0.4) is 0 Å². The van der Waals surface area contributed by atoms with Gasteiger partial charge in [0.2, 0.25) is 0 Å². The van der Waals surface area contributed by atoms with Gasteiger partial charge in [-0.15, -0.1) is 0 Å². The number of hydrogen-bond acceptors (Lipinski definition) is 4. The van der Waals surface area contributed by atoms with Gasteiger partial charge >= 0.3 is 0 Å². The fourth-order valence-electron chi connectivity index (χ4n) is 2.93. The minimum atomic E-state index is -2.89. The maximum atomic E-state index is 11.4. The molecule has 4 nitrogen and oxygen atoms in total. The molecule has 1 heterocycles. The Labute approximate surface area is 113 Å². The first-order valence-corrected chi connectivity index (χ1v) is 8.61. The van der Waals surface area contributed by atoms with Crippen LogP contribution < -0.4 is 10.5 Å². The van der Waals surface area contributed by atoms with Gasteiger partial charge in [-0.1, -0.05) is 6.07 Å². The van der Waals surface area contributed by atoms with Crippen molar-refractivity contribution in [2.24, 2.45) is 5.73 Å². The Hall–Kier alpha value is -1.07. The fourth-order valence-corrected chi connectivity index (χ4v) is 4.52. The monoisotopic (exact) mass is 281 g/mol. The zero-order valence-electron chi connectivity index (χ0n) is 10.8. The standard InChI is InChI=1S/C14H19NO3S/c15-14-3-1-2-10-4-5-11(8-13(10)14)18-12-6-7-19(16,17)9-12/h4-5,8,12,14H,1-3,6-7,9,15H2/t12?,14-/m0/s1. The predicted molar refractivity (Wildman–Crippen MR) is 74.0 cm³/mol. The smallest absolute Gasteiger partial charge is 0.154 e. The third-order valence-electron chi connectivity index (χ3n) is 3.97. The topological polar surface area (TPSA) is 69.4 Å². The summed E-state index contributed by atoms with van der Waals surface area (Å²) >= 11 is 0. The van der Waals surface area contributed by atoms with Crippen molar-refractivity contribution >= 4 is 9.84 Å². The minimum absolute atomic E-state index is 0.0830. The third kappa shape index (κ3) is 2.77. The molecule has 0 aromatic heterocycles. The molecule has 1 aliphatic heterocycles. The Morgan fingerprint density at radius 3 is 2.84 bits per heavy atom. The Balaban J connectivity index is 1.77. The van der Waals surface area contributed by atoms with Crippen molar-refractivity contribution in [3.8, 4) is 5.75 Å². The summed E-state index contributed by atoms with van der Waals surface area (Å²) in [5, 5.41) is 0. The Morgan fingerprint density at radius 2 is 2.11 bits per heavy atom. The molecule has 0 saturated carbocycles. The number of fused-ring (bicyclic) bond motifs is 1. The van der Waals surface area contributed by atoms with Gasteiger partial charge in [0.15, 0.2) is 9.84 Å². The quantitative estimate of drug-likeness (QED) is 0.893. The number of nitrogens with two attached hydrogens (primary N) is 1. The van der Waals surface area contributed by atoms with Gasteiger partial charge in [-0.2, -0.15) is 0 Å². The molecule has 1 aromatic carbocycles. The van der Waals surface area contributed by atoms with Crippen molar-refractivity contribution < 1.29 is 13.2 Å². The van der Waals surface area contributed by atoms with Crippen molar-refractivity contribution in [3.63, 3.8) is 0 Å². The molecule has 3 rings (SSSR count). The first kappa shape index (κ1) is 12.9. The Morgan fingerprint density at radius 1 is 1.26 bits per heavy atom. The maximum absolute atomic E-state index is 11.4. The van der Waals surface area contributed by atoms with Gasteiger partial charge in [-0.3, -0.25) is 0 Å². The highest BCUT2D eigenvalue weighted by atomic mass is 32.2. The van der Waals surface area contributed by atoms with Crippen molar-refractivity contribution in [2.45, 2.75) is 37.8 Å². The lowest BCUT2D eigenvalue weighted by Gasteiger charge is -2.23. The van der Waals surface area contributed by atoms with E-state index in [1.54, 1.807) is 0 Å². The summed E-state index contributed by atoms with van der Waals surface area (Å²) in [5.41, 5.74) is 8.57. The number of benzene rings is 1. The summed E-state index contributed by atoms with van der Waals surface area (Å²) in [4.78, 5) is 0. The van der Waals surface area contributed by atoms with Crippen LogP contribution in [0.1, 0.15) is 36.4 Å². The highest BCUT2D eigenvalue weighted by Crippen LogP contribution is 2.31. The molecular formula is C14H19NO3S. The van der Waals surface area contributed by atoms with Crippen LogP contribution in [0.5, 0.6) is 5.75 Å². The van der Waals surface area contributed by atoms with Crippen LogP contribution in [-0.4, -0.2) is 26.0 Å². The van der Waals surface area contributed by atoms with Crippen LogP contribution in [0.25, 0.3) is 0 Å². The zero-order valence-corrected chi connectivity index (χ0v) is 11.7. The average Bonchev–Trinajstić information content (AvgIpc) is 2.70. The van der Waals surface area contributed by atoms with Crippen LogP contribution >= 0.6 is 0 Å². The summed E-state index contributed by atoms with van der Waals surface area (Å²) in [6.07, 6.45) is 3.60. The van der Waals surface area contributed by atoms with Crippen molar-refractivity contribution in [1.29, 1.82) is 0 Å². The molecule has 0 spiro atoms. The Kier molecular flexibility index (Phi) is 3.27. The number of ether oxygens (including phenoxy) is 1. The third-order valence-corrected chi connectivity index (χ3v) is 5.71. The minimum Gasteiger partial charge on any atom is -0.489 e. The van der Waals surface area contributed by atoms with E-state index in [-0.39, 0.29) is 23.7 Å². The van der Waals surface area contributed by atoms with Gasteiger partial charge in [0, 0.05) is 6.04 Å². The van der Waals surface area contributed by atoms with Gasteiger partial charge in [0.05, 0.1) is 11.5 Å². The average molecular weight is 281 g/mol. The summed E-state index contributed by atoms with van der Waals surface area (Å²) in [7, 11) is -2.89. The molecule has 19 heavy (non-hydrogen) atoms. The zero-order chi connectivity index (χ0) is 13.5. The lowest BCUT2D eigenvalue weighted by molar-refractivity contribution is 0.228. The molecule has 0 radical (unpaired) electrons. The molecule has 1 fully saturated rings. The summed E-state index contributed by atoms with van der Waals surface area (Å²) in [5.74, 6) is 1.12. The van der Waals surface area contributed by atoms with E-state index in [0.29, 0.717) is 6.42 Å². The van der Waals surface area contributed by atoms with Gasteiger partial charge in [-0.25, -0.2) is 8.42 Å². The summed E-state index contributed by atoms with van der Waals surface area (Å²) < 4.78 is 28.6. The van der Waals surface area contributed by atoms with E-state index < -0.39 is 9.84 Å². The van der Waals surface area contributed by atoms with Crippen LogP contribution in [0, 0.1) is 0 Å². The molecule has 1 saturated heterocycles. The molecule has 2 atom stereocenters. The number of sulfone groups is 1. The van der Waals surface area contributed by atoms with Crippen LogP contribution in [0.15, 0.2) is 18.2 Å². The van der Waals surface area contributed by atoms with Gasteiger partial charge in [0.25, 0.3) is 0 Å². The van der Waals surface area contributed by atoms with Crippen molar-refractivity contribution in [1.82, 2.24) is 0 Å². The maximum Gasteiger partial charge on any atom is 0.154 e. The number of rotatable bonds is 2. The first-order valence-electron chi connectivity index (χ1n) is 6.79. The molecule has 2 N–H and O–H groups in total. The van der Waals surface area contributed by atoms with E-state index in [0.717, 1.165) is 30.6 Å². The lowest BCUT2D eigenvalue weighted by atomic mass is 9.88. The fraction of sp³-hybridized carbons (Fsp3) is 0.571. The van der Waals surface area contributed by atoms with E-state index in [2.05, 4.69) is 6.07 Å². The van der Waals surface area contributed by atoms with Crippen LogP contribution in [-0.2, 0) is 16.3 Å². The molecule has 0 bridgehead atoms. The first-order chi connectivity index (χ1) is 9.03. The van der Waals surface area contributed by atoms with E-state index in [9.17, 15) is 8.42 Å². The van der Waals surface area contributed by atoms with E-state index >= 15 is 0 Å². The predicted octanol–water partition coefficient (Wildman–Crippen LogP) is 1.59. The molecule has 5 heteroatoms. The molecular weight excluding hydrogens is 262 g/mol.